The molecule has 6 rings (SSSR count). The van der Waals surface area contributed by atoms with E-state index in [1.54, 1.807) is 6.26 Å². The minimum absolute atomic E-state index is 0.0703. The van der Waals surface area contributed by atoms with Crippen LogP contribution in [0.25, 0.3) is 10.8 Å². The van der Waals surface area contributed by atoms with E-state index in [0.717, 1.165) is 50.8 Å². The second kappa shape index (κ2) is 6.68. The quantitative estimate of drug-likeness (QED) is 0.650. The lowest BCUT2D eigenvalue weighted by molar-refractivity contribution is 0.0518. The molecule has 3 fully saturated rings. The van der Waals surface area contributed by atoms with Gasteiger partial charge in [-0.15, -0.1) is 0 Å². The van der Waals surface area contributed by atoms with Gasteiger partial charge in [0, 0.05) is 35.8 Å². The number of piperidine rings is 1. The van der Waals surface area contributed by atoms with Crippen LogP contribution in [0.4, 0.5) is 0 Å². The Morgan fingerprint density at radius 1 is 1.10 bits per heavy atom. The summed E-state index contributed by atoms with van der Waals surface area (Å²) in [4.78, 5) is 24.1. The fraction of sp³-hybridized carbons (Fsp3) is 0.458. The van der Waals surface area contributed by atoms with Crippen molar-refractivity contribution in [2.24, 2.45) is 5.92 Å². The Labute approximate surface area is 170 Å². The molecule has 5 heteroatoms. The molecule has 2 atom stereocenters. The number of pyridine rings is 1. The number of rotatable bonds is 4. The number of carbonyl (C=O) groups excluding carboxylic acids is 1. The van der Waals surface area contributed by atoms with Crippen molar-refractivity contribution in [1.82, 2.24) is 14.9 Å². The molecule has 1 aliphatic carbocycles. The first-order valence-electron chi connectivity index (χ1n) is 10.9. The average Bonchev–Trinajstić information content (AvgIpc) is 3.41. The van der Waals surface area contributed by atoms with Crippen LogP contribution in [0.15, 0.2) is 47.3 Å². The third-order valence-electron chi connectivity index (χ3n) is 7.02. The van der Waals surface area contributed by atoms with Crippen molar-refractivity contribution in [2.75, 3.05) is 0 Å². The van der Waals surface area contributed by atoms with E-state index in [-0.39, 0.29) is 5.91 Å². The van der Waals surface area contributed by atoms with E-state index in [4.69, 9.17) is 4.42 Å². The molecular formula is C24H25N3O2. The lowest BCUT2D eigenvalue weighted by Crippen LogP contribution is -2.47. The number of carbonyl (C=O) groups is 1. The number of amides is 1. The monoisotopic (exact) mass is 387 g/mol. The van der Waals surface area contributed by atoms with Crippen LogP contribution in [-0.2, 0) is 6.42 Å². The average molecular weight is 387 g/mol. The van der Waals surface area contributed by atoms with Crippen molar-refractivity contribution >= 4 is 16.7 Å². The smallest absolute Gasteiger partial charge is 0.276 e. The first-order valence-corrected chi connectivity index (χ1v) is 10.9. The molecule has 4 heterocycles. The van der Waals surface area contributed by atoms with Gasteiger partial charge in [0.2, 0.25) is 0 Å². The van der Waals surface area contributed by atoms with Gasteiger partial charge in [0.05, 0.1) is 0 Å². The summed E-state index contributed by atoms with van der Waals surface area (Å²) in [6.07, 6.45) is 13.1. The predicted molar refractivity (Wildman–Crippen MR) is 110 cm³/mol. The first kappa shape index (κ1) is 17.2. The predicted octanol–water partition coefficient (Wildman–Crippen LogP) is 4.73. The van der Waals surface area contributed by atoms with Crippen molar-refractivity contribution in [2.45, 2.75) is 62.9 Å². The zero-order valence-corrected chi connectivity index (χ0v) is 16.5. The largest absolute Gasteiger partial charge is 0.448 e. The molecule has 2 unspecified atom stereocenters. The number of aromatic nitrogens is 2. The Morgan fingerprint density at radius 2 is 1.93 bits per heavy atom. The second-order valence-electron chi connectivity index (χ2n) is 9.00. The van der Waals surface area contributed by atoms with E-state index in [1.807, 2.05) is 12.4 Å². The van der Waals surface area contributed by atoms with Gasteiger partial charge >= 0.3 is 0 Å². The molecule has 2 bridgehead atoms. The summed E-state index contributed by atoms with van der Waals surface area (Å²) < 4.78 is 5.57. The first-order chi connectivity index (χ1) is 14.3. The summed E-state index contributed by atoms with van der Waals surface area (Å²) in [5, 5.41) is 2.52. The van der Waals surface area contributed by atoms with E-state index in [2.05, 4.69) is 39.1 Å². The molecule has 2 aliphatic heterocycles. The van der Waals surface area contributed by atoms with Crippen molar-refractivity contribution in [3.8, 4) is 0 Å². The van der Waals surface area contributed by atoms with Crippen LogP contribution in [0, 0.1) is 5.92 Å². The molecule has 148 valence electrons. The fourth-order valence-corrected chi connectivity index (χ4v) is 5.49. The fourth-order valence-electron chi connectivity index (χ4n) is 5.49. The molecule has 1 saturated carbocycles. The van der Waals surface area contributed by atoms with Gasteiger partial charge in [-0.3, -0.25) is 9.78 Å². The molecule has 1 aromatic carbocycles. The zero-order chi connectivity index (χ0) is 19.4. The van der Waals surface area contributed by atoms with Gasteiger partial charge in [-0.05, 0) is 67.9 Å². The number of fused-ring (bicyclic) bond motifs is 3. The van der Waals surface area contributed by atoms with Crippen LogP contribution in [-0.4, -0.2) is 32.9 Å². The summed E-state index contributed by atoms with van der Waals surface area (Å²) in [5.41, 5.74) is 1.88. The van der Waals surface area contributed by atoms with Crippen LogP contribution in [0.3, 0.4) is 0 Å². The summed E-state index contributed by atoms with van der Waals surface area (Å²) in [6, 6.07) is 9.28. The van der Waals surface area contributed by atoms with Gasteiger partial charge in [0.1, 0.15) is 6.26 Å². The lowest BCUT2D eigenvalue weighted by atomic mass is 9.84. The van der Waals surface area contributed by atoms with E-state index < -0.39 is 0 Å². The van der Waals surface area contributed by atoms with Crippen LogP contribution in [0.5, 0.6) is 0 Å². The van der Waals surface area contributed by atoms with Gasteiger partial charge in [-0.25, -0.2) is 4.98 Å². The molecule has 5 nitrogen and oxygen atoms in total. The van der Waals surface area contributed by atoms with Crippen LogP contribution in [0.2, 0.25) is 0 Å². The maximum atomic E-state index is 13.2. The Bertz CT molecular complexity index is 1050. The Kier molecular flexibility index (Phi) is 3.96. The molecular weight excluding hydrogens is 362 g/mol. The number of oxazole rings is 1. The summed E-state index contributed by atoms with van der Waals surface area (Å²) in [7, 11) is 0. The molecule has 3 aromatic rings. The summed E-state index contributed by atoms with van der Waals surface area (Å²) in [6.45, 7) is 0. The van der Waals surface area contributed by atoms with E-state index in [0.29, 0.717) is 29.6 Å². The van der Waals surface area contributed by atoms with Crippen molar-refractivity contribution in [3.63, 3.8) is 0 Å². The Balaban J connectivity index is 1.19. The highest BCUT2D eigenvalue weighted by atomic mass is 16.3. The Hall–Kier alpha value is -2.69. The van der Waals surface area contributed by atoms with Gasteiger partial charge in [0.15, 0.2) is 11.6 Å². The van der Waals surface area contributed by atoms with E-state index in [1.165, 1.54) is 16.3 Å². The molecule has 29 heavy (non-hydrogen) atoms. The lowest BCUT2D eigenvalue weighted by Gasteiger charge is -2.38. The maximum absolute atomic E-state index is 13.2. The number of benzene rings is 1. The van der Waals surface area contributed by atoms with Gasteiger partial charge in [0.25, 0.3) is 5.91 Å². The maximum Gasteiger partial charge on any atom is 0.276 e. The molecule has 2 aromatic heterocycles. The van der Waals surface area contributed by atoms with Crippen LogP contribution in [0.1, 0.15) is 66.4 Å². The van der Waals surface area contributed by atoms with Crippen molar-refractivity contribution in [3.05, 3.63) is 60.1 Å². The van der Waals surface area contributed by atoms with E-state index in [9.17, 15) is 4.79 Å². The van der Waals surface area contributed by atoms with Gasteiger partial charge in [-0.1, -0.05) is 18.2 Å². The standard InChI is InChI=1S/C24H25N3O2/c28-24(22-14-29-23(26-22)17-4-5-17)27-19-6-7-20(27)12-15(11-19)10-18-3-1-2-16-8-9-25-13-21(16)18/h1-3,8-9,13-15,17,19-20H,4-7,10-12H2. The number of hydrogen-bond acceptors (Lipinski definition) is 4. The van der Waals surface area contributed by atoms with Crippen LogP contribution < -0.4 is 0 Å². The molecule has 0 spiro atoms. The van der Waals surface area contributed by atoms with Crippen LogP contribution >= 0.6 is 0 Å². The van der Waals surface area contributed by atoms with Gasteiger partial charge in [-0.2, -0.15) is 0 Å². The molecule has 3 aliphatic rings. The third-order valence-corrected chi connectivity index (χ3v) is 7.02. The third kappa shape index (κ3) is 3.04. The zero-order valence-electron chi connectivity index (χ0n) is 16.5. The molecule has 2 saturated heterocycles. The molecule has 1 amide bonds. The highest BCUT2D eigenvalue weighted by Crippen LogP contribution is 2.42. The number of hydrogen-bond donors (Lipinski definition) is 0. The summed E-state index contributed by atoms with van der Waals surface area (Å²) >= 11 is 0. The van der Waals surface area contributed by atoms with E-state index >= 15 is 0 Å². The summed E-state index contributed by atoms with van der Waals surface area (Å²) in [5.74, 6) is 1.87. The highest BCUT2D eigenvalue weighted by Gasteiger charge is 2.44. The van der Waals surface area contributed by atoms with Crippen molar-refractivity contribution in [1.29, 1.82) is 0 Å². The molecule has 0 radical (unpaired) electrons. The normalized spacial score (nSPS) is 26.2. The minimum atomic E-state index is 0.0703. The topological polar surface area (TPSA) is 59.2 Å². The number of nitrogens with zero attached hydrogens (tertiary/aromatic N) is 3. The minimum Gasteiger partial charge on any atom is -0.448 e. The highest BCUT2D eigenvalue weighted by molar-refractivity contribution is 5.92. The second-order valence-corrected chi connectivity index (χ2v) is 9.00. The van der Waals surface area contributed by atoms with Gasteiger partial charge < -0.3 is 9.32 Å². The molecule has 0 N–H and O–H groups in total. The SMILES string of the molecule is O=C(c1coc(C2CC2)n1)N1C2CCC1CC(Cc1cccc3ccncc13)C2. The van der Waals surface area contributed by atoms with Crippen molar-refractivity contribution < 1.29 is 9.21 Å². The Morgan fingerprint density at radius 3 is 2.72 bits per heavy atom.